The molecule has 6 heteroatoms. The number of nitrogens with one attached hydrogen (secondary N) is 1. The van der Waals surface area contributed by atoms with Crippen LogP contribution >= 0.6 is 0 Å². The molecular weight excluding hydrogens is 198 g/mol. The lowest BCUT2D eigenvalue weighted by molar-refractivity contribution is -1.10. The lowest BCUT2D eigenvalue weighted by atomic mass is 10.1. The van der Waals surface area contributed by atoms with Crippen LogP contribution in [-0.4, -0.2) is 21.2 Å². The van der Waals surface area contributed by atoms with Gasteiger partial charge in [-0.15, -0.1) is 0 Å². The highest BCUT2D eigenvalue weighted by molar-refractivity contribution is 5.55. The normalized spacial score (nSPS) is 16.7. The van der Waals surface area contributed by atoms with E-state index in [9.17, 15) is 10.0 Å². The summed E-state index contributed by atoms with van der Waals surface area (Å²) in [6.45, 7) is 1.56. The Morgan fingerprint density at radius 2 is 2.00 bits per heavy atom. The van der Waals surface area contributed by atoms with Crippen molar-refractivity contribution >= 4 is 6.09 Å². The quantitative estimate of drug-likeness (QED) is 0.259. The molecular formula is C9H14N3O3+. The van der Waals surface area contributed by atoms with Gasteiger partial charge in [0.2, 0.25) is 0 Å². The number of hydrazine groups is 1. The van der Waals surface area contributed by atoms with E-state index >= 15 is 0 Å². The molecule has 1 amide bonds. The van der Waals surface area contributed by atoms with Gasteiger partial charge in [0.25, 0.3) is 0 Å². The van der Waals surface area contributed by atoms with E-state index in [1.165, 1.54) is 0 Å². The minimum absolute atomic E-state index is 0.667. The minimum Gasteiger partial charge on any atom is -0.432 e. The number of nitrogens with two attached hydrogens (primary N) is 1. The first kappa shape index (κ1) is 11.6. The average Bonchev–Trinajstić information content (AvgIpc) is 2.28. The predicted octanol–water partition coefficient (Wildman–Crippen LogP) is 1.01. The fourth-order valence-corrected chi connectivity index (χ4v) is 1.28. The van der Waals surface area contributed by atoms with E-state index in [1.807, 2.05) is 5.53 Å². The second kappa shape index (κ2) is 4.37. The number of hydrogen-bond donors (Lipinski definition) is 4. The number of nitrogens with zero attached hydrogens (tertiary/aromatic N) is 1. The summed E-state index contributed by atoms with van der Waals surface area (Å²) in [6.07, 6.45) is -1.46. The predicted molar refractivity (Wildman–Crippen MR) is 52.3 cm³/mol. The van der Waals surface area contributed by atoms with Crippen LogP contribution < -0.4 is 11.4 Å². The molecule has 0 heterocycles. The first-order valence-electron chi connectivity index (χ1n) is 4.40. The van der Waals surface area contributed by atoms with Crippen LogP contribution in [0.25, 0.3) is 0 Å². The largest absolute Gasteiger partial charge is 0.569 e. The first-order chi connectivity index (χ1) is 7.02. The maximum atomic E-state index is 10.8. The molecule has 0 spiro atoms. The van der Waals surface area contributed by atoms with Gasteiger partial charge in [-0.1, -0.05) is 35.9 Å². The highest BCUT2D eigenvalue weighted by Crippen LogP contribution is 2.23. The molecule has 0 bridgehead atoms. The van der Waals surface area contributed by atoms with Gasteiger partial charge in [-0.3, -0.25) is 0 Å². The Morgan fingerprint density at radius 3 is 2.40 bits per heavy atom. The lowest BCUT2D eigenvalue weighted by Gasteiger charge is -2.27. The van der Waals surface area contributed by atoms with Crippen LogP contribution in [0.4, 0.5) is 4.79 Å². The van der Waals surface area contributed by atoms with Gasteiger partial charge in [0.15, 0.2) is 6.04 Å². The van der Waals surface area contributed by atoms with Gasteiger partial charge in [-0.2, -0.15) is 10.0 Å². The second-order valence-corrected chi connectivity index (χ2v) is 3.18. The average molecular weight is 212 g/mol. The van der Waals surface area contributed by atoms with Gasteiger partial charge in [-0.25, -0.2) is 5.84 Å². The van der Waals surface area contributed by atoms with Gasteiger partial charge < -0.3 is 5.11 Å². The summed E-state index contributed by atoms with van der Waals surface area (Å²) in [6, 6.07) is 8.04. The van der Waals surface area contributed by atoms with Crippen LogP contribution in [0.15, 0.2) is 30.3 Å². The number of quaternary nitrogens is 1. The third-order valence-electron chi connectivity index (χ3n) is 2.33. The van der Waals surface area contributed by atoms with Crippen molar-refractivity contribution in [3.8, 4) is 0 Å². The molecule has 0 aromatic heterocycles. The van der Waals surface area contributed by atoms with Crippen LogP contribution in [0, 0.1) is 0 Å². The Labute approximate surface area is 87.0 Å². The Hall–Kier alpha value is -1.47. The highest BCUT2D eigenvalue weighted by atomic mass is 16.7. The van der Waals surface area contributed by atoms with Crippen LogP contribution in [-0.2, 0) is 0 Å². The third kappa shape index (κ3) is 2.13. The van der Waals surface area contributed by atoms with Crippen molar-refractivity contribution in [3.05, 3.63) is 35.9 Å². The summed E-state index contributed by atoms with van der Waals surface area (Å²) in [4.78, 5) is 10.8. The Bertz CT molecular complexity index is 344. The van der Waals surface area contributed by atoms with Gasteiger partial charge in [0, 0.05) is 10.3 Å². The molecule has 2 atom stereocenters. The third-order valence-corrected chi connectivity index (χ3v) is 2.33. The number of carboxylic acid groups (broad SMARTS) is 1. The van der Waals surface area contributed by atoms with Gasteiger partial charge in [0.05, 0.1) is 0 Å². The zero-order chi connectivity index (χ0) is 11.5. The van der Waals surface area contributed by atoms with Crippen molar-refractivity contribution in [1.82, 2.24) is 5.53 Å². The van der Waals surface area contributed by atoms with Gasteiger partial charge >= 0.3 is 6.09 Å². The molecule has 5 N–H and O–H groups in total. The van der Waals surface area contributed by atoms with E-state index in [-0.39, 0.29) is 0 Å². The van der Waals surface area contributed by atoms with Crippen LogP contribution in [0.1, 0.15) is 18.5 Å². The van der Waals surface area contributed by atoms with Crippen molar-refractivity contribution in [3.63, 3.8) is 0 Å². The van der Waals surface area contributed by atoms with E-state index < -0.39 is 16.9 Å². The molecule has 1 rings (SSSR count). The molecule has 82 valence electrons. The van der Waals surface area contributed by atoms with Crippen LogP contribution in [0.5, 0.6) is 0 Å². The Morgan fingerprint density at radius 1 is 1.47 bits per heavy atom. The lowest BCUT2D eigenvalue weighted by Crippen LogP contribution is -2.62. The van der Waals surface area contributed by atoms with Crippen molar-refractivity contribution in [2.45, 2.75) is 13.0 Å². The van der Waals surface area contributed by atoms with E-state index in [1.54, 1.807) is 37.3 Å². The molecule has 0 saturated heterocycles. The zero-order valence-electron chi connectivity index (χ0n) is 8.29. The van der Waals surface area contributed by atoms with Gasteiger partial charge in [0.1, 0.15) is 0 Å². The number of rotatable bonds is 3. The van der Waals surface area contributed by atoms with E-state index in [2.05, 4.69) is 0 Å². The number of amides is 1. The topological polar surface area (TPSA) is 95.6 Å². The van der Waals surface area contributed by atoms with E-state index in [0.717, 1.165) is 0 Å². The van der Waals surface area contributed by atoms with Crippen molar-refractivity contribution < 1.29 is 19.9 Å². The molecule has 0 fully saturated rings. The smallest absolute Gasteiger partial charge is 0.432 e. The highest BCUT2D eigenvalue weighted by Gasteiger charge is 2.43. The van der Waals surface area contributed by atoms with Crippen molar-refractivity contribution in [2.75, 3.05) is 0 Å². The maximum Gasteiger partial charge on any atom is 0.569 e. The number of carbonyl (C=O) groups is 1. The maximum absolute atomic E-state index is 10.8. The van der Waals surface area contributed by atoms with E-state index in [0.29, 0.717) is 5.56 Å². The summed E-state index contributed by atoms with van der Waals surface area (Å²) in [5.74, 6) is 5.04. The van der Waals surface area contributed by atoms with Crippen molar-refractivity contribution in [1.29, 1.82) is 0 Å². The number of hydroxylamine groups is 2. The fourth-order valence-electron chi connectivity index (χ4n) is 1.28. The number of benzene rings is 1. The summed E-state index contributed by atoms with van der Waals surface area (Å²) in [5.41, 5.74) is 2.54. The Kier molecular flexibility index (Phi) is 3.38. The van der Waals surface area contributed by atoms with Crippen LogP contribution in [0.2, 0.25) is 0 Å². The summed E-state index contributed by atoms with van der Waals surface area (Å²) >= 11 is 0. The van der Waals surface area contributed by atoms with Crippen molar-refractivity contribution in [2.24, 2.45) is 5.84 Å². The molecule has 15 heavy (non-hydrogen) atoms. The molecule has 0 aliphatic heterocycles. The Balaban J connectivity index is 3.02. The molecule has 6 nitrogen and oxygen atoms in total. The molecule has 1 aromatic carbocycles. The molecule has 2 unspecified atom stereocenters. The van der Waals surface area contributed by atoms with E-state index in [4.69, 9.17) is 10.9 Å². The minimum atomic E-state index is -1.46. The molecule has 0 aliphatic carbocycles. The van der Waals surface area contributed by atoms with Gasteiger partial charge in [-0.05, 0) is 6.92 Å². The summed E-state index contributed by atoms with van der Waals surface area (Å²) in [7, 11) is 0. The summed E-state index contributed by atoms with van der Waals surface area (Å²) < 4.78 is -1.45. The molecule has 0 saturated carbocycles. The SMILES string of the molecule is CC(c1ccccc1)[N+](O)(NN)C(=O)O. The zero-order valence-corrected chi connectivity index (χ0v) is 8.29. The number of hydrogen-bond acceptors (Lipinski definition) is 4. The monoisotopic (exact) mass is 212 g/mol. The first-order valence-corrected chi connectivity index (χ1v) is 4.40. The second-order valence-electron chi connectivity index (χ2n) is 3.18. The van der Waals surface area contributed by atoms with Crippen LogP contribution in [0.3, 0.4) is 0 Å². The molecule has 0 radical (unpaired) electrons. The summed E-state index contributed by atoms with van der Waals surface area (Å²) in [5, 5.41) is 18.6. The standard InChI is InChI=1S/C9H13N3O3/c1-7(8-5-3-2-4-6-8)12(15,11-10)9(13)14/h2-7,11,15H,10H2,1H3/p+1. The molecule has 1 aromatic rings. The molecule has 0 aliphatic rings. The fraction of sp³-hybridized carbons (Fsp3) is 0.222.